The summed E-state index contributed by atoms with van der Waals surface area (Å²) >= 11 is 0. The molecule has 3 aromatic carbocycles. The van der Waals surface area contributed by atoms with Gasteiger partial charge in [0.25, 0.3) is 0 Å². The molecule has 1 aromatic heterocycles. The van der Waals surface area contributed by atoms with Crippen molar-refractivity contribution in [2.45, 2.75) is 45.1 Å². The predicted molar refractivity (Wildman–Crippen MR) is 141 cm³/mol. The summed E-state index contributed by atoms with van der Waals surface area (Å²) < 4.78 is 146. The smallest absolute Gasteiger partial charge is 0.429 e. The molecule has 4 nitrogen and oxygen atoms in total. The Bertz CT molecular complexity index is 1700. The molecule has 236 valence electrons. The molecule has 0 radical (unpaired) electrons. The molecule has 4 rings (SSSR count). The highest BCUT2D eigenvalue weighted by molar-refractivity contribution is 5.56. The van der Waals surface area contributed by atoms with Gasteiger partial charge in [0.15, 0.2) is 17.5 Å². The van der Waals surface area contributed by atoms with E-state index in [9.17, 15) is 43.9 Å². The van der Waals surface area contributed by atoms with E-state index in [1.807, 2.05) is 6.92 Å². The second kappa shape index (κ2) is 13.5. The molecule has 0 bridgehead atoms. The number of alkyl halides is 5. The second-order valence-electron chi connectivity index (χ2n) is 9.51. The minimum atomic E-state index is -5.37. The molecule has 0 amide bonds. The van der Waals surface area contributed by atoms with E-state index in [1.165, 1.54) is 12.4 Å². The largest absolute Gasteiger partial charge is 0.573 e. The molecule has 1 heterocycles. The summed E-state index contributed by atoms with van der Waals surface area (Å²) in [5, 5.41) is 0. The Morgan fingerprint density at radius 2 is 1.33 bits per heavy atom. The molecule has 0 aliphatic heterocycles. The normalized spacial score (nSPS) is 11.6. The van der Waals surface area contributed by atoms with E-state index in [-0.39, 0.29) is 11.4 Å². The van der Waals surface area contributed by atoms with Crippen LogP contribution in [0.15, 0.2) is 54.9 Å². The van der Waals surface area contributed by atoms with Gasteiger partial charge in [-0.15, -0.1) is 13.2 Å². The maximum atomic E-state index is 14.9. The number of ether oxygens (including phenoxy) is 2. The lowest BCUT2D eigenvalue weighted by Crippen LogP contribution is -2.25. The highest BCUT2D eigenvalue weighted by Crippen LogP contribution is 2.37. The van der Waals surface area contributed by atoms with Gasteiger partial charge in [-0.25, -0.2) is 31.9 Å². The molecule has 4 aromatic rings. The number of nitrogens with zero attached hydrogens (tertiary/aromatic N) is 2. The predicted octanol–water partition coefficient (Wildman–Crippen LogP) is 9.00. The van der Waals surface area contributed by atoms with Crippen LogP contribution in [0.25, 0.3) is 11.4 Å². The molecule has 0 N–H and O–H groups in total. The van der Waals surface area contributed by atoms with E-state index in [0.717, 1.165) is 37.0 Å². The molecule has 0 spiro atoms. The molecule has 0 fully saturated rings. The fraction of sp³-hybridized carbons (Fsp3) is 0.226. The van der Waals surface area contributed by atoms with Crippen LogP contribution in [0.1, 0.15) is 48.4 Å². The molecular weight excluding hydrogens is 622 g/mol. The van der Waals surface area contributed by atoms with Crippen molar-refractivity contribution in [3.8, 4) is 34.7 Å². The maximum Gasteiger partial charge on any atom is 0.573 e. The SMILES string of the molecule is CCCCCc1cnc(-c2cc(F)c(C(F)(F)Oc3ccc(C#Cc4cc(F)c(OC(F)(F)F)c(F)c4)c(F)c3)c(F)c2)nc1. The van der Waals surface area contributed by atoms with E-state index in [2.05, 4.69) is 31.3 Å². The Morgan fingerprint density at radius 1 is 0.711 bits per heavy atom. The summed E-state index contributed by atoms with van der Waals surface area (Å²) in [6.07, 6.45) is -3.44. The second-order valence-corrected chi connectivity index (χ2v) is 9.51. The zero-order chi connectivity index (χ0) is 32.9. The molecule has 0 atom stereocenters. The van der Waals surface area contributed by atoms with Crippen LogP contribution >= 0.6 is 0 Å². The van der Waals surface area contributed by atoms with Gasteiger partial charge in [-0.3, -0.25) is 0 Å². The average Bonchev–Trinajstić information content (AvgIpc) is 2.94. The first kappa shape index (κ1) is 33.1. The number of aromatic nitrogens is 2. The number of halogens is 10. The van der Waals surface area contributed by atoms with Crippen LogP contribution in [0.4, 0.5) is 43.9 Å². The maximum absolute atomic E-state index is 14.9. The quantitative estimate of drug-likeness (QED) is 0.104. The fourth-order valence-corrected chi connectivity index (χ4v) is 4.04. The van der Waals surface area contributed by atoms with E-state index in [0.29, 0.717) is 36.8 Å². The van der Waals surface area contributed by atoms with Crippen LogP contribution in [0, 0.1) is 40.9 Å². The van der Waals surface area contributed by atoms with Gasteiger partial charge in [-0.1, -0.05) is 31.6 Å². The van der Waals surface area contributed by atoms with Gasteiger partial charge >= 0.3 is 12.5 Å². The summed E-state index contributed by atoms with van der Waals surface area (Å²) in [5.74, 6) is -6.55. The first-order chi connectivity index (χ1) is 21.2. The van der Waals surface area contributed by atoms with E-state index in [1.54, 1.807) is 0 Å². The Labute approximate surface area is 249 Å². The first-order valence-corrected chi connectivity index (χ1v) is 13.1. The number of rotatable bonds is 9. The zero-order valence-corrected chi connectivity index (χ0v) is 23.0. The minimum Gasteiger partial charge on any atom is -0.429 e. The van der Waals surface area contributed by atoms with Crippen LogP contribution < -0.4 is 9.47 Å². The highest BCUT2D eigenvalue weighted by atomic mass is 19.4. The number of unbranched alkanes of at least 4 members (excludes halogenated alkanes) is 2. The van der Waals surface area contributed by atoms with Gasteiger partial charge in [0, 0.05) is 29.6 Å². The third-order valence-electron chi connectivity index (χ3n) is 6.11. The monoisotopic (exact) mass is 642 g/mol. The lowest BCUT2D eigenvalue weighted by atomic mass is 10.1. The average molecular weight is 642 g/mol. The summed E-state index contributed by atoms with van der Waals surface area (Å²) in [6, 6.07) is 4.03. The van der Waals surface area contributed by atoms with Gasteiger partial charge < -0.3 is 9.47 Å². The lowest BCUT2D eigenvalue weighted by Gasteiger charge is -2.20. The van der Waals surface area contributed by atoms with E-state index < -0.39 is 69.7 Å². The molecule has 0 saturated heterocycles. The third kappa shape index (κ3) is 8.43. The molecule has 0 saturated carbocycles. The minimum absolute atomic E-state index is 0.0994. The molecular formula is C31H20F10N2O2. The summed E-state index contributed by atoms with van der Waals surface area (Å²) in [5.41, 5.74) is -2.17. The van der Waals surface area contributed by atoms with Crippen molar-refractivity contribution in [2.24, 2.45) is 0 Å². The molecule has 0 unspecified atom stereocenters. The van der Waals surface area contributed by atoms with Gasteiger partial charge in [-0.2, -0.15) is 8.78 Å². The topological polar surface area (TPSA) is 44.2 Å². The number of benzene rings is 3. The van der Waals surface area contributed by atoms with Crippen molar-refractivity contribution in [2.75, 3.05) is 0 Å². The van der Waals surface area contributed by atoms with Crippen LogP contribution in [0.3, 0.4) is 0 Å². The third-order valence-corrected chi connectivity index (χ3v) is 6.11. The summed E-state index contributed by atoms with van der Waals surface area (Å²) in [6.45, 7) is 2.04. The summed E-state index contributed by atoms with van der Waals surface area (Å²) in [4.78, 5) is 8.09. The molecule has 0 aliphatic carbocycles. The molecule has 45 heavy (non-hydrogen) atoms. The fourth-order valence-electron chi connectivity index (χ4n) is 4.04. The standard InChI is InChI=1S/C31H20F10N2O2/c1-2-3-4-5-18-15-42-29(43-16-18)20-12-23(33)27(24(34)13-20)30(37,38)44-21-9-8-19(22(32)14-21)7-6-17-10-25(35)28(26(36)11-17)45-31(39,40)41/h8-16H,2-5H2,1H3. The van der Waals surface area contributed by atoms with Gasteiger partial charge in [0.1, 0.15) is 28.8 Å². The number of hydrogen-bond acceptors (Lipinski definition) is 4. The zero-order valence-electron chi connectivity index (χ0n) is 23.0. The number of aryl methyl sites for hydroxylation is 1. The van der Waals surface area contributed by atoms with Gasteiger partial charge in [-0.05, 0) is 54.8 Å². The lowest BCUT2D eigenvalue weighted by molar-refractivity contribution is -0.276. The van der Waals surface area contributed by atoms with Crippen molar-refractivity contribution < 1.29 is 53.4 Å². The van der Waals surface area contributed by atoms with Crippen LogP contribution in [0.5, 0.6) is 11.5 Å². The Balaban J connectivity index is 1.51. The molecule has 14 heteroatoms. The van der Waals surface area contributed by atoms with Gasteiger partial charge in [0.2, 0.25) is 5.75 Å². The first-order valence-electron chi connectivity index (χ1n) is 13.1. The number of hydrogen-bond donors (Lipinski definition) is 0. The van der Waals surface area contributed by atoms with E-state index >= 15 is 0 Å². The Morgan fingerprint density at radius 3 is 1.89 bits per heavy atom. The Kier molecular flexibility index (Phi) is 9.90. The highest BCUT2D eigenvalue weighted by Gasteiger charge is 2.41. The van der Waals surface area contributed by atoms with Crippen LogP contribution in [-0.2, 0) is 12.5 Å². The summed E-state index contributed by atoms with van der Waals surface area (Å²) in [7, 11) is 0. The van der Waals surface area contributed by atoms with Crippen LogP contribution in [-0.4, -0.2) is 16.3 Å². The van der Waals surface area contributed by atoms with Crippen molar-refractivity contribution in [3.63, 3.8) is 0 Å². The van der Waals surface area contributed by atoms with Crippen molar-refractivity contribution in [1.82, 2.24) is 9.97 Å². The van der Waals surface area contributed by atoms with Crippen molar-refractivity contribution in [1.29, 1.82) is 0 Å². The van der Waals surface area contributed by atoms with Gasteiger partial charge in [0.05, 0.1) is 5.56 Å². The Hall–Kier alpha value is -4.80. The van der Waals surface area contributed by atoms with Crippen molar-refractivity contribution >= 4 is 0 Å². The van der Waals surface area contributed by atoms with Crippen LogP contribution in [0.2, 0.25) is 0 Å². The molecule has 0 aliphatic rings. The van der Waals surface area contributed by atoms with Crippen molar-refractivity contribution in [3.05, 3.63) is 106 Å². The van der Waals surface area contributed by atoms with E-state index in [4.69, 9.17) is 0 Å².